The summed E-state index contributed by atoms with van der Waals surface area (Å²) in [5, 5.41) is 8.67. The summed E-state index contributed by atoms with van der Waals surface area (Å²) >= 11 is 0. The van der Waals surface area contributed by atoms with Crippen molar-refractivity contribution >= 4 is 17.0 Å². The van der Waals surface area contributed by atoms with Crippen molar-refractivity contribution in [2.45, 2.75) is 64.1 Å². The van der Waals surface area contributed by atoms with Gasteiger partial charge in [-0.25, -0.2) is 4.68 Å². The van der Waals surface area contributed by atoms with Gasteiger partial charge < -0.3 is 14.2 Å². The quantitative estimate of drug-likeness (QED) is 0.274. The van der Waals surface area contributed by atoms with E-state index in [1.807, 2.05) is 20.0 Å². The third kappa shape index (κ3) is 4.95. The maximum Gasteiger partial charge on any atom is 0.306 e. The fourth-order valence-electron chi connectivity index (χ4n) is 6.67. The van der Waals surface area contributed by atoms with Crippen LogP contribution in [0, 0.1) is 6.92 Å². The average molecular weight is 555 g/mol. The fourth-order valence-corrected chi connectivity index (χ4v) is 6.67. The maximum absolute atomic E-state index is 12.8. The molecule has 8 nitrogen and oxygen atoms in total. The van der Waals surface area contributed by atoms with Crippen LogP contribution in [0.1, 0.15) is 71.5 Å². The molecular formula is C33H38N4O4. The first-order valence-electron chi connectivity index (χ1n) is 14.5. The van der Waals surface area contributed by atoms with Gasteiger partial charge in [0.05, 0.1) is 20.6 Å². The van der Waals surface area contributed by atoms with Crippen LogP contribution in [-0.4, -0.2) is 52.7 Å². The van der Waals surface area contributed by atoms with Gasteiger partial charge in [-0.05, 0) is 66.1 Å². The van der Waals surface area contributed by atoms with E-state index in [4.69, 9.17) is 14.2 Å². The SMILES string of the molecule is CCC1CN(C2CCc3ccc(C(CC(=O)OC)c4cc(OC)c5c(nnn5C)c4C)cc32)Cc2ccccc2O1. The number of esters is 1. The number of methoxy groups -OCH3 is 2. The summed E-state index contributed by atoms with van der Waals surface area (Å²) in [6.07, 6.45) is 3.43. The number of aromatic nitrogens is 3. The zero-order valence-corrected chi connectivity index (χ0v) is 24.5. The molecule has 41 heavy (non-hydrogen) atoms. The number of carbonyl (C=O) groups excluding carboxylic acids is 1. The monoisotopic (exact) mass is 554 g/mol. The number of rotatable bonds is 7. The van der Waals surface area contributed by atoms with Crippen LogP contribution in [0.2, 0.25) is 0 Å². The Morgan fingerprint density at radius 1 is 1.15 bits per heavy atom. The Bertz CT molecular complexity index is 1600. The van der Waals surface area contributed by atoms with Gasteiger partial charge in [0.1, 0.15) is 28.6 Å². The predicted molar refractivity (Wildman–Crippen MR) is 157 cm³/mol. The summed E-state index contributed by atoms with van der Waals surface area (Å²) in [6, 6.07) is 17.5. The summed E-state index contributed by atoms with van der Waals surface area (Å²) < 4.78 is 19.1. The Balaban J connectivity index is 1.42. The van der Waals surface area contributed by atoms with E-state index in [2.05, 4.69) is 64.6 Å². The molecule has 2 heterocycles. The molecule has 0 bridgehead atoms. The van der Waals surface area contributed by atoms with Gasteiger partial charge in [0.25, 0.3) is 0 Å². The molecule has 3 atom stereocenters. The lowest BCUT2D eigenvalue weighted by Gasteiger charge is -2.30. The second-order valence-corrected chi connectivity index (χ2v) is 11.2. The van der Waals surface area contributed by atoms with Crippen molar-refractivity contribution < 1.29 is 19.0 Å². The fraction of sp³-hybridized carbons (Fsp3) is 0.424. The van der Waals surface area contributed by atoms with Gasteiger partial charge >= 0.3 is 5.97 Å². The van der Waals surface area contributed by atoms with Crippen molar-refractivity contribution in [3.05, 3.63) is 81.9 Å². The summed E-state index contributed by atoms with van der Waals surface area (Å²) in [7, 11) is 4.96. The Morgan fingerprint density at radius 3 is 2.76 bits per heavy atom. The average Bonchev–Trinajstić information content (AvgIpc) is 3.54. The third-order valence-electron chi connectivity index (χ3n) is 8.92. The highest BCUT2D eigenvalue weighted by molar-refractivity contribution is 5.86. The summed E-state index contributed by atoms with van der Waals surface area (Å²) in [5.41, 5.74) is 8.66. The Kier molecular flexibility index (Phi) is 7.43. The van der Waals surface area contributed by atoms with E-state index in [0.717, 1.165) is 65.8 Å². The molecule has 4 aromatic rings. The number of aryl methyl sites for hydroxylation is 3. The predicted octanol–water partition coefficient (Wildman–Crippen LogP) is 5.64. The molecule has 1 aliphatic heterocycles. The second-order valence-electron chi connectivity index (χ2n) is 11.2. The second kappa shape index (κ2) is 11.2. The molecule has 214 valence electrons. The van der Waals surface area contributed by atoms with E-state index in [9.17, 15) is 4.79 Å². The molecule has 8 heteroatoms. The molecule has 6 rings (SSSR count). The van der Waals surface area contributed by atoms with Crippen molar-refractivity contribution in [2.24, 2.45) is 7.05 Å². The molecule has 0 amide bonds. The Hall–Kier alpha value is -3.91. The van der Waals surface area contributed by atoms with Gasteiger partial charge in [0, 0.05) is 37.7 Å². The molecule has 0 saturated heterocycles. The molecule has 3 aromatic carbocycles. The zero-order valence-electron chi connectivity index (χ0n) is 24.5. The van der Waals surface area contributed by atoms with Crippen LogP contribution in [0.4, 0.5) is 0 Å². The molecule has 0 fully saturated rings. The van der Waals surface area contributed by atoms with Crippen LogP contribution in [-0.2, 0) is 29.5 Å². The van der Waals surface area contributed by atoms with Gasteiger partial charge in [-0.2, -0.15) is 0 Å². The van der Waals surface area contributed by atoms with Gasteiger partial charge in [0.15, 0.2) is 0 Å². The number of para-hydroxylation sites is 1. The minimum atomic E-state index is -0.253. The van der Waals surface area contributed by atoms with Crippen LogP contribution in [0.3, 0.4) is 0 Å². The number of benzene rings is 3. The van der Waals surface area contributed by atoms with Crippen LogP contribution in [0.5, 0.6) is 11.5 Å². The smallest absolute Gasteiger partial charge is 0.306 e. The number of fused-ring (bicyclic) bond motifs is 3. The number of hydrogen-bond donors (Lipinski definition) is 0. The number of carbonyl (C=O) groups is 1. The third-order valence-corrected chi connectivity index (χ3v) is 8.92. The minimum Gasteiger partial charge on any atom is -0.494 e. The molecule has 0 N–H and O–H groups in total. The van der Waals surface area contributed by atoms with Crippen molar-refractivity contribution in [3.8, 4) is 11.5 Å². The summed E-state index contributed by atoms with van der Waals surface area (Å²) in [5.74, 6) is 1.22. The van der Waals surface area contributed by atoms with Crippen molar-refractivity contribution in [1.82, 2.24) is 19.9 Å². The molecule has 0 saturated carbocycles. The van der Waals surface area contributed by atoms with Crippen LogP contribution < -0.4 is 9.47 Å². The van der Waals surface area contributed by atoms with Crippen molar-refractivity contribution in [2.75, 3.05) is 20.8 Å². The molecule has 3 unspecified atom stereocenters. The molecule has 1 aromatic heterocycles. The molecule has 0 radical (unpaired) electrons. The largest absolute Gasteiger partial charge is 0.494 e. The summed E-state index contributed by atoms with van der Waals surface area (Å²) in [4.78, 5) is 15.4. The Morgan fingerprint density at radius 2 is 1.98 bits per heavy atom. The van der Waals surface area contributed by atoms with Crippen LogP contribution in [0.15, 0.2) is 48.5 Å². The molecule has 0 spiro atoms. The first-order chi connectivity index (χ1) is 19.9. The topological polar surface area (TPSA) is 78.7 Å². The maximum atomic E-state index is 12.8. The first kappa shape index (κ1) is 27.3. The first-order valence-corrected chi connectivity index (χ1v) is 14.5. The lowest BCUT2D eigenvalue weighted by atomic mass is 9.84. The van der Waals surface area contributed by atoms with E-state index in [0.29, 0.717) is 5.75 Å². The minimum absolute atomic E-state index is 0.145. The highest BCUT2D eigenvalue weighted by atomic mass is 16.5. The standard InChI is InChI=1S/C33H38N4O4/c1-6-24-19-37(18-23-9-7-8-10-29(23)41-24)28-14-13-21-11-12-22(15-27(21)28)26(17-31(38)40-5)25-16-30(39-4)33-32(20(25)2)34-35-36(33)3/h7-12,15-16,24,26,28H,6,13-14,17-19H2,1-5H3. The number of nitrogens with zero attached hydrogens (tertiary/aromatic N) is 4. The normalized spacial score (nSPS) is 19.2. The van der Waals surface area contributed by atoms with Crippen LogP contribution in [0.25, 0.3) is 11.0 Å². The highest BCUT2D eigenvalue weighted by Gasteiger charge is 2.34. The van der Waals surface area contributed by atoms with E-state index in [1.54, 1.807) is 11.8 Å². The number of ether oxygens (including phenoxy) is 3. The molecule has 1 aliphatic carbocycles. The van der Waals surface area contributed by atoms with Gasteiger partial charge in [-0.15, -0.1) is 5.10 Å². The van der Waals surface area contributed by atoms with Crippen molar-refractivity contribution in [3.63, 3.8) is 0 Å². The van der Waals surface area contributed by atoms with Crippen LogP contribution >= 0.6 is 0 Å². The van der Waals surface area contributed by atoms with Gasteiger partial charge in [0.2, 0.25) is 0 Å². The van der Waals surface area contributed by atoms with Gasteiger partial charge in [-0.3, -0.25) is 9.69 Å². The molecular weight excluding hydrogens is 516 g/mol. The van der Waals surface area contributed by atoms with Gasteiger partial charge in [-0.1, -0.05) is 48.5 Å². The van der Waals surface area contributed by atoms with E-state index >= 15 is 0 Å². The Labute approximate surface area is 241 Å². The molecule has 2 aliphatic rings. The van der Waals surface area contributed by atoms with E-state index in [-0.39, 0.29) is 30.5 Å². The van der Waals surface area contributed by atoms with E-state index < -0.39 is 0 Å². The zero-order chi connectivity index (χ0) is 28.7. The van der Waals surface area contributed by atoms with E-state index in [1.165, 1.54) is 23.8 Å². The lowest BCUT2D eigenvalue weighted by Crippen LogP contribution is -2.34. The summed E-state index contributed by atoms with van der Waals surface area (Å²) in [6.45, 7) is 5.97. The lowest BCUT2D eigenvalue weighted by molar-refractivity contribution is -0.140. The number of hydrogen-bond acceptors (Lipinski definition) is 7. The van der Waals surface area contributed by atoms with Crippen molar-refractivity contribution in [1.29, 1.82) is 0 Å². The highest BCUT2D eigenvalue weighted by Crippen LogP contribution is 2.43.